The van der Waals surface area contributed by atoms with Crippen molar-refractivity contribution in [2.75, 3.05) is 13.7 Å². The number of methoxy groups -OCH3 is 1. The number of Topliss-reactive ketones (excluding diaryl/α,β-unsaturated/α-hetero) is 1. The monoisotopic (exact) mass is 512 g/mol. The van der Waals surface area contributed by atoms with E-state index in [0.29, 0.717) is 41.0 Å². The second kappa shape index (κ2) is 8.81. The highest BCUT2D eigenvalue weighted by Gasteiger charge is 2.63. The van der Waals surface area contributed by atoms with E-state index in [1.165, 1.54) is 19.3 Å². The number of carbonyl (C=O) groups excluding carboxylic acids is 1. The van der Waals surface area contributed by atoms with Gasteiger partial charge in [-0.25, -0.2) is 0 Å². The molecule has 0 spiro atoms. The predicted octanol–water partition coefficient (Wildman–Crippen LogP) is 6.30. The summed E-state index contributed by atoms with van der Waals surface area (Å²) in [5.74, 6) is 2.94. The van der Waals surface area contributed by atoms with E-state index in [-0.39, 0.29) is 16.7 Å². The Morgan fingerprint density at radius 2 is 1.97 bits per heavy atom. The van der Waals surface area contributed by atoms with Crippen LogP contribution >= 0.6 is 11.6 Å². The minimum Gasteiger partial charge on any atom is -0.390 e. The highest BCUT2D eigenvalue weighted by Crippen LogP contribution is 2.68. The number of benzene rings is 1. The molecule has 36 heavy (non-hydrogen) atoms. The number of halogens is 1. The molecule has 196 valence electrons. The maximum Gasteiger partial charge on any atom is 0.157 e. The summed E-state index contributed by atoms with van der Waals surface area (Å²) in [6.07, 6.45) is 11.7. The summed E-state index contributed by atoms with van der Waals surface area (Å²) in [6.45, 7) is 5.61. The number of ether oxygens (including phenoxy) is 1. The second-order valence-corrected chi connectivity index (χ2v) is 13.6. The van der Waals surface area contributed by atoms with Crippen molar-refractivity contribution in [1.82, 2.24) is 9.78 Å². The topological polar surface area (TPSA) is 64.3 Å². The van der Waals surface area contributed by atoms with Gasteiger partial charge in [0.15, 0.2) is 5.78 Å². The Balaban J connectivity index is 1.22. The zero-order valence-electron chi connectivity index (χ0n) is 22.0. The van der Waals surface area contributed by atoms with Gasteiger partial charge in [-0.2, -0.15) is 5.10 Å². The number of carbonyl (C=O) groups is 1. The molecular formula is C30H41ClN2O3. The van der Waals surface area contributed by atoms with Gasteiger partial charge in [0.1, 0.15) is 0 Å². The molecule has 8 atom stereocenters. The summed E-state index contributed by atoms with van der Waals surface area (Å²) in [5.41, 5.74) is 0.582. The zero-order chi connectivity index (χ0) is 25.3. The molecule has 2 aromatic rings. The van der Waals surface area contributed by atoms with Gasteiger partial charge >= 0.3 is 0 Å². The second-order valence-electron chi connectivity index (χ2n) is 13.2. The first-order valence-corrected chi connectivity index (χ1v) is 14.4. The predicted molar refractivity (Wildman–Crippen MR) is 142 cm³/mol. The van der Waals surface area contributed by atoms with E-state index in [2.05, 4.69) is 12.0 Å². The summed E-state index contributed by atoms with van der Waals surface area (Å²) in [7, 11) is 1.85. The molecule has 0 radical (unpaired) electrons. The fraction of sp³-hybridized carbons (Fsp3) is 0.733. The first-order chi connectivity index (χ1) is 17.1. The number of fused-ring (bicyclic) bond motifs is 6. The molecular weight excluding hydrogens is 472 g/mol. The average Bonchev–Trinajstić information content (AvgIpc) is 3.38. The van der Waals surface area contributed by atoms with Crippen LogP contribution < -0.4 is 0 Å². The molecule has 0 bridgehead atoms. The van der Waals surface area contributed by atoms with Gasteiger partial charge in [-0.05, 0) is 117 Å². The fourth-order valence-electron chi connectivity index (χ4n) is 9.70. The van der Waals surface area contributed by atoms with Crippen LogP contribution in [0.4, 0.5) is 0 Å². The Morgan fingerprint density at radius 3 is 2.78 bits per heavy atom. The maximum absolute atomic E-state index is 13.7. The van der Waals surface area contributed by atoms with Gasteiger partial charge in [-0.15, -0.1) is 0 Å². The fourth-order valence-corrected chi connectivity index (χ4v) is 9.87. The molecule has 5 nitrogen and oxygen atoms in total. The van der Waals surface area contributed by atoms with Crippen LogP contribution in [0.3, 0.4) is 0 Å². The third-order valence-corrected chi connectivity index (χ3v) is 11.5. The quantitative estimate of drug-likeness (QED) is 0.511. The molecule has 4 fully saturated rings. The standard InChI is InChI=1S/C30H41ClN2O3/c1-28(35)12-13-30(18-36-3)20(15-28)5-7-22-23-8-9-25(29(23,2)11-10-24(22)30)27(34)17-33-16-19-4-6-21(31)14-26(19)32-33/h4,6,14,16,20,22-25,35H,5,7-13,15,17-18H2,1-3H3/t20-,22-,23-,24-,25+,28+,29-,30+/m0/s1. The van der Waals surface area contributed by atoms with Crippen LogP contribution in [0.15, 0.2) is 24.4 Å². The van der Waals surface area contributed by atoms with E-state index >= 15 is 0 Å². The van der Waals surface area contributed by atoms with Crippen molar-refractivity contribution in [3.8, 4) is 0 Å². The van der Waals surface area contributed by atoms with Crippen molar-refractivity contribution in [3.05, 3.63) is 29.4 Å². The molecule has 1 aromatic carbocycles. The Hall–Kier alpha value is -1.43. The third-order valence-electron chi connectivity index (χ3n) is 11.3. The number of aromatic nitrogens is 2. The summed E-state index contributed by atoms with van der Waals surface area (Å²) < 4.78 is 7.72. The minimum absolute atomic E-state index is 0.0788. The van der Waals surface area contributed by atoms with Crippen LogP contribution in [0.5, 0.6) is 0 Å². The molecule has 4 aliphatic rings. The minimum atomic E-state index is -0.536. The summed E-state index contributed by atoms with van der Waals surface area (Å²) in [6, 6.07) is 5.71. The van der Waals surface area contributed by atoms with Crippen molar-refractivity contribution in [1.29, 1.82) is 0 Å². The molecule has 1 heterocycles. The van der Waals surface area contributed by atoms with Gasteiger partial charge in [0, 0.05) is 29.6 Å². The Labute approximate surface area is 219 Å². The smallest absolute Gasteiger partial charge is 0.157 e. The van der Waals surface area contributed by atoms with Crippen molar-refractivity contribution in [2.45, 2.75) is 83.8 Å². The average molecular weight is 513 g/mol. The SMILES string of the molecule is COC[C@]12CC[C@@](C)(O)C[C@@H]1CC[C@H]1[C@@H]3CC[C@H](C(=O)Cn4cc5ccc(Cl)cc5n4)[C@@]3(C)CC[C@@H]12. The number of hydrogen-bond donors (Lipinski definition) is 1. The molecule has 6 heteroatoms. The lowest BCUT2D eigenvalue weighted by Gasteiger charge is -2.62. The molecule has 1 N–H and O–H groups in total. The number of ketones is 1. The van der Waals surface area contributed by atoms with E-state index in [1.807, 2.05) is 43.1 Å². The molecule has 0 amide bonds. The van der Waals surface area contributed by atoms with Gasteiger partial charge in [-0.1, -0.05) is 18.5 Å². The number of hydrogen-bond acceptors (Lipinski definition) is 4. The summed E-state index contributed by atoms with van der Waals surface area (Å²) in [5, 5.41) is 17.2. The van der Waals surface area contributed by atoms with Crippen molar-refractivity contribution in [2.24, 2.45) is 40.4 Å². The lowest BCUT2D eigenvalue weighted by atomic mass is 9.43. The zero-order valence-corrected chi connectivity index (χ0v) is 22.8. The van der Waals surface area contributed by atoms with Crippen LogP contribution in [-0.2, 0) is 16.1 Å². The highest BCUT2D eigenvalue weighted by molar-refractivity contribution is 6.31. The first-order valence-electron chi connectivity index (χ1n) is 14.0. The highest BCUT2D eigenvalue weighted by atomic mass is 35.5. The molecule has 4 aliphatic carbocycles. The third kappa shape index (κ3) is 3.87. The molecule has 1 aromatic heterocycles. The van der Waals surface area contributed by atoms with E-state index in [0.717, 1.165) is 56.0 Å². The van der Waals surface area contributed by atoms with Gasteiger partial charge in [0.05, 0.1) is 24.3 Å². The van der Waals surface area contributed by atoms with E-state index < -0.39 is 5.60 Å². The molecule has 0 saturated heterocycles. The van der Waals surface area contributed by atoms with E-state index in [9.17, 15) is 9.90 Å². The van der Waals surface area contributed by atoms with Crippen LogP contribution in [-0.4, -0.2) is 40.0 Å². The lowest BCUT2D eigenvalue weighted by molar-refractivity contribution is -0.175. The van der Waals surface area contributed by atoms with Crippen molar-refractivity contribution < 1.29 is 14.6 Å². The Bertz CT molecular complexity index is 1160. The van der Waals surface area contributed by atoms with E-state index in [4.69, 9.17) is 16.3 Å². The number of rotatable bonds is 5. The largest absolute Gasteiger partial charge is 0.390 e. The number of nitrogens with zero attached hydrogens (tertiary/aromatic N) is 2. The lowest BCUT2D eigenvalue weighted by Crippen LogP contribution is -2.58. The van der Waals surface area contributed by atoms with Gasteiger partial charge < -0.3 is 9.84 Å². The molecule has 0 unspecified atom stereocenters. The Morgan fingerprint density at radius 1 is 1.14 bits per heavy atom. The van der Waals surface area contributed by atoms with E-state index in [1.54, 1.807) is 0 Å². The summed E-state index contributed by atoms with van der Waals surface area (Å²) >= 11 is 6.14. The van der Waals surface area contributed by atoms with Gasteiger partial charge in [0.2, 0.25) is 0 Å². The maximum atomic E-state index is 13.7. The summed E-state index contributed by atoms with van der Waals surface area (Å²) in [4.78, 5) is 13.7. The van der Waals surface area contributed by atoms with Crippen LogP contribution in [0.1, 0.15) is 71.6 Å². The molecule has 0 aliphatic heterocycles. The van der Waals surface area contributed by atoms with Crippen LogP contribution in [0.2, 0.25) is 5.02 Å². The molecule has 6 rings (SSSR count). The van der Waals surface area contributed by atoms with Gasteiger partial charge in [0.25, 0.3) is 0 Å². The molecule has 4 saturated carbocycles. The van der Waals surface area contributed by atoms with Gasteiger partial charge in [-0.3, -0.25) is 9.48 Å². The van der Waals surface area contributed by atoms with Crippen molar-refractivity contribution >= 4 is 28.3 Å². The van der Waals surface area contributed by atoms with Crippen LogP contribution in [0, 0.1) is 40.4 Å². The Kier molecular flexibility index (Phi) is 6.09. The van der Waals surface area contributed by atoms with Crippen LogP contribution in [0.25, 0.3) is 10.9 Å². The normalized spacial score (nSPS) is 42.1. The first kappa shape index (κ1) is 24.9. The van der Waals surface area contributed by atoms with Crippen molar-refractivity contribution in [3.63, 3.8) is 0 Å². The number of aliphatic hydroxyl groups is 1.